The molecule has 2 aromatic carbocycles. The summed E-state index contributed by atoms with van der Waals surface area (Å²) >= 11 is 1.60. The lowest BCUT2D eigenvalue weighted by Gasteiger charge is -2.10. The highest BCUT2D eigenvalue weighted by atomic mass is 32.2. The van der Waals surface area contributed by atoms with Crippen LogP contribution in [0.5, 0.6) is 0 Å². The highest BCUT2D eigenvalue weighted by Crippen LogP contribution is 2.37. The van der Waals surface area contributed by atoms with Crippen LogP contribution in [-0.4, -0.2) is 30.3 Å². The van der Waals surface area contributed by atoms with Crippen molar-refractivity contribution in [2.24, 2.45) is 7.05 Å². The van der Waals surface area contributed by atoms with E-state index in [-0.39, 0.29) is 5.78 Å². The molecule has 0 aliphatic heterocycles. The number of para-hydroxylation sites is 2. The second-order valence-electron chi connectivity index (χ2n) is 7.95. The number of allylic oxidation sites excluding steroid dienone is 1. The van der Waals surface area contributed by atoms with Crippen LogP contribution in [0.15, 0.2) is 89.1 Å². The molecule has 7 heteroatoms. The van der Waals surface area contributed by atoms with Crippen molar-refractivity contribution in [2.45, 2.75) is 23.8 Å². The molecule has 0 unspecified atom stereocenters. The predicted octanol–water partition coefficient (Wildman–Crippen LogP) is 5.82. The Kier molecular flexibility index (Phi) is 5.86. The smallest absolute Gasteiger partial charge is 0.189 e. The number of nitrogens with zero attached hydrogens (tertiary/aromatic N) is 5. The average Bonchev–Trinajstić information content (AvgIpc) is 3.36. The molecule has 0 aliphatic rings. The molecule has 0 saturated heterocycles. The van der Waals surface area contributed by atoms with Crippen LogP contribution in [-0.2, 0) is 7.05 Å². The van der Waals surface area contributed by atoms with Gasteiger partial charge in [-0.3, -0.25) is 14.5 Å². The summed E-state index contributed by atoms with van der Waals surface area (Å²) < 4.78 is 3.63. The van der Waals surface area contributed by atoms with Gasteiger partial charge in [-0.25, -0.2) is 4.68 Å². The van der Waals surface area contributed by atoms with Crippen molar-refractivity contribution in [1.82, 2.24) is 24.5 Å². The molecule has 0 radical (unpaired) electrons. The van der Waals surface area contributed by atoms with Crippen molar-refractivity contribution in [2.75, 3.05) is 0 Å². The van der Waals surface area contributed by atoms with Crippen molar-refractivity contribution < 1.29 is 4.79 Å². The minimum Gasteiger partial charge on any atom is -0.289 e. The number of hydrogen-bond donors (Lipinski definition) is 0. The number of hydrogen-bond acceptors (Lipinski definition) is 5. The van der Waals surface area contributed by atoms with Crippen LogP contribution >= 0.6 is 11.8 Å². The number of fused-ring (bicyclic) bond motifs is 1. The third-order valence-electron chi connectivity index (χ3n) is 5.77. The van der Waals surface area contributed by atoms with Gasteiger partial charge >= 0.3 is 0 Å². The Morgan fingerprint density at radius 2 is 1.79 bits per heavy atom. The van der Waals surface area contributed by atoms with E-state index in [0.29, 0.717) is 5.56 Å². The van der Waals surface area contributed by atoms with Gasteiger partial charge < -0.3 is 0 Å². The van der Waals surface area contributed by atoms with Gasteiger partial charge in [0.2, 0.25) is 0 Å². The number of carbonyl (C=O) groups is 1. The van der Waals surface area contributed by atoms with E-state index in [9.17, 15) is 4.79 Å². The van der Waals surface area contributed by atoms with Gasteiger partial charge in [0.1, 0.15) is 5.03 Å². The SMILES string of the molecule is Cc1nn(-c2ccccc2)c(Sc2cccc3cccnc23)c1/C=C/C(=O)c1cnn(C)c1C. The quantitative estimate of drug-likeness (QED) is 0.234. The number of benzene rings is 2. The van der Waals surface area contributed by atoms with E-state index in [4.69, 9.17) is 5.10 Å². The minimum atomic E-state index is -0.0831. The molecule has 0 spiro atoms. The standard InChI is InChI=1S/C27H23N5OS/c1-18-22(14-15-24(33)23-17-29-31(3)19(23)2)27(32(30-18)21-11-5-4-6-12-21)34-25-13-7-9-20-10-8-16-28-26(20)25/h4-17H,1-3H3/b15-14+. The number of pyridine rings is 1. The van der Waals surface area contributed by atoms with Crippen molar-refractivity contribution in [3.8, 4) is 5.69 Å². The molecular weight excluding hydrogens is 442 g/mol. The first-order chi connectivity index (χ1) is 16.5. The van der Waals surface area contributed by atoms with E-state index in [2.05, 4.69) is 28.3 Å². The van der Waals surface area contributed by atoms with Gasteiger partial charge in [0.05, 0.1) is 28.7 Å². The first kappa shape index (κ1) is 21.9. The van der Waals surface area contributed by atoms with Gasteiger partial charge in [0, 0.05) is 34.8 Å². The molecule has 0 atom stereocenters. The van der Waals surface area contributed by atoms with E-state index in [1.54, 1.807) is 28.7 Å². The van der Waals surface area contributed by atoms with Crippen molar-refractivity contribution in [1.29, 1.82) is 0 Å². The van der Waals surface area contributed by atoms with Gasteiger partial charge in [-0.15, -0.1) is 0 Å². The van der Waals surface area contributed by atoms with Crippen LogP contribution in [0.25, 0.3) is 22.7 Å². The van der Waals surface area contributed by atoms with Crippen LogP contribution in [0.3, 0.4) is 0 Å². The Balaban J connectivity index is 1.61. The van der Waals surface area contributed by atoms with E-state index in [1.165, 1.54) is 0 Å². The summed E-state index contributed by atoms with van der Waals surface area (Å²) in [7, 11) is 1.83. The van der Waals surface area contributed by atoms with Gasteiger partial charge in [-0.2, -0.15) is 10.2 Å². The van der Waals surface area contributed by atoms with Crippen LogP contribution in [0.1, 0.15) is 27.3 Å². The molecule has 0 N–H and O–H groups in total. The summed E-state index contributed by atoms with van der Waals surface area (Å²) in [5, 5.41) is 11.0. The van der Waals surface area contributed by atoms with Crippen molar-refractivity contribution in [3.05, 3.63) is 102 Å². The predicted molar refractivity (Wildman–Crippen MR) is 135 cm³/mol. The highest BCUT2D eigenvalue weighted by Gasteiger charge is 2.18. The molecule has 0 amide bonds. The zero-order chi connectivity index (χ0) is 23.7. The third kappa shape index (κ3) is 4.06. The van der Waals surface area contributed by atoms with Crippen LogP contribution < -0.4 is 0 Å². The molecule has 0 saturated carbocycles. The lowest BCUT2D eigenvalue weighted by molar-refractivity contribution is 0.104. The molecule has 0 bridgehead atoms. The molecule has 3 aromatic heterocycles. The number of carbonyl (C=O) groups excluding carboxylic acids is 1. The number of ketones is 1. The minimum absolute atomic E-state index is 0.0831. The Labute approximate surface area is 202 Å². The first-order valence-corrected chi connectivity index (χ1v) is 11.7. The summed E-state index contributed by atoms with van der Waals surface area (Å²) in [6, 6.07) is 20.2. The molecular formula is C27H23N5OS. The average molecular weight is 466 g/mol. The molecule has 168 valence electrons. The maximum Gasteiger partial charge on any atom is 0.189 e. The summed E-state index contributed by atoms with van der Waals surface area (Å²) in [6.45, 7) is 3.85. The molecule has 0 fully saturated rings. The number of aryl methyl sites for hydroxylation is 2. The summed E-state index contributed by atoms with van der Waals surface area (Å²) in [4.78, 5) is 18.5. The molecule has 5 rings (SSSR count). The van der Waals surface area contributed by atoms with E-state index >= 15 is 0 Å². The summed E-state index contributed by atoms with van der Waals surface area (Å²) in [5.74, 6) is -0.0831. The monoisotopic (exact) mass is 465 g/mol. The molecule has 34 heavy (non-hydrogen) atoms. The van der Waals surface area contributed by atoms with Gasteiger partial charge in [0.15, 0.2) is 5.78 Å². The Hall–Kier alpha value is -3.97. The molecule has 3 heterocycles. The number of aromatic nitrogens is 5. The van der Waals surface area contributed by atoms with Crippen LogP contribution in [0.4, 0.5) is 0 Å². The number of rotatable bonds is 6. The fourth-order valence-corrected chi connectivity index (χ4v) is 4.99. The van der Waals surface area contributed by atoms with Crippen molar-refractivity contribution >= 4 is 34.5 Å². The fourth-order valence-electron chi connectivity index (χ4n) is 3.80. The fraction of sp³-hybridized carbons (Fsp3) is 0.111. The van der Waals surface area contributed by atoms with Gasteiger partial charge in [-0.1, -0.05) is 48.2 Å². The maximum absolute atomic E-state index is 12.9. The topological polar surface area (TPSA) is 65.6 Å². The maximum atomic E-state index is 12.9. The van der Waals surface area contributed by atoms with Crippen molar-refractivity contribution in [3.63, 3.8) is 0 Å². The summed E-state index contributed by atoms with van der Waals surface area (Å²) in [5.41, 5.74) is 5.06. The zero-order valence-electron chi connectivity index (χ0n) is 19.1. The largest absolute Gasteiger partial charge is 0.289 e. The van der Waals surface area contributed by atoms with E-state index in [0.717, 1.165) is 43.5 Å². The Morgan fingerprint density at radius 1 is 1.00 bits per heavy atom. The highest BCUT2D eigenvalue weighted by molar-refractivity contribution is 7.99. The van der Waals surface area contributed by atoms with E-state index in [1.807, 2.05) is 80.3 Å². The second kappa shape index (κ2) is 9.11. The van der Waals surface area contributed by atoms with Gasteiger partial charge in [0.25, 0.3) is 0 Å². The van der Waals surface area contributed by atoms with Crippen LogP contribution in [0, 0.1) is 13.8 Å². The zero-order valence-corrected chi connectivity index (χ0v) is 20.0. The molecule has 5 aromatic rings. The van der Waals surface area contributed by atoms with Crippen LogP contribution in [0.2, 0.25) is 0 Å². The third-order valence-corrected chi connectivity index (χ3v) is 6.90. The second-order valence-corrected chi connectivity index (χ2v) is 8.98. The lowest BCUT2D eigenvalue weighted by Crippen LogP contribution is -1.99. The normalized spacial score (nSPS) is 11.5. The molecule has 6 nitrogen and oxygen atoms in total. The lowest BCUT2D eigenvalue weighted by atomic mass is 10.1. The molecule has 0 aliphatic carbocycles. The summed E-state index contributed by atoms with van der Waals surface area (Å²) in [6.07, 6.45) is 6.88. The van der Waals surface area contributed by atoms with Gasteiger partial charge in [-0.05, 0) is 50.3 Å². The Bertz CT molecular complexity index is 1530. The first-order valence-electron chi connectivity index (χ1n) is 10.9. The Morgan fingerprint density at radius 3 is 2.56 bits per heavy atom. The van der Waals surface area contributed by atoms with E-state index < -0.39 is 0 Å².